The molecule has 4 heteroatoms. The van der Waals surface area contributed by atoms with Gasteiger partial charge >= 0.3 is 0 Å². The average Bonchev–Trinajstić information content (AvgIpc) is 2.41. The molecule has 1 aliphatic heterocycles. The second-order valence-corrected chi connectivity index (χ2v) is 4.21. The minimum atomic E-state index is -0.355. The molecule has 0 fully saturated rings. The van der Waals surface area contributed by atoms with Gasteiger partial charge in [0.2, 0.25) is 0 Å². The molecule has 0 radical (unpaired) electrons. The fourth-order valence-electron chi connectivity index (χ4n) is 2.11. The Bertz CT molecular complexity index is 445. The molecular weight excluding hydrogens is 233 g/mol. The molecule has 1 aromatic carbocycles. The topological polar surface area (TPSA) is 30.5 Å². The minimum absolute atomic E-state index is 0.106. The zero-order chi connectivity index (χ0) is 13.0. The molecule has 0 saturated heterocycles. The Balaban J connectivity index is 2.27. The first kappa shape index (κ1) is 12.9. The molecule has 18 heavy (non-hydrogen) atoms. The Hall–Kier alpha value is -1.55. The van der Waals surface area contributed by atoms with Crippen LogP contribution in [0.2, 0.25) is 0 Å². The molecule has 0 aliphatic carbocycles. The lowest BCUT2D eigenvalue weighted by Crippen LogP contribution is -2.22. The summed E-state index contributed by atoms with van der Waals surface area (Å²) in [4.78, 5) is 0. The zero-order valence-electron chi connectivity index (χ0n) is 10.7. The molecule has 1 aromatic rings. The smallest absolute Gasteiger partial charge is 0.165 e. The molecule has 1 N–H and O–H groups in total. The van der Waals surface area contributed by atoms with Gasteiger partial charge in [-0.05, 0) is 43.7 Å². The SMILES string of the molecule is CNC(C1=CCCCO1)c1ccc(OC)c(F)c1. The highest BCUT2D eigenvalue weighted by molar-refractivity contribution is 5.34. The second-order valence-electron chi connectivity index (χ2n) is 4.21. The number of benzene rings is 1. The fraction of sp³-hybridized carbons (Fsp3) is 0.429. The number of nitrogens with one attached hydrogen (secondary N) is 1. The van der Waals surface area contributed by atoms with E-state index >= 15 is 0 Å². The van der Waals surface area contributed by atoms with Crippen molar-refractivity contribution in [3.63, 3.8) is 0 Å². The summed E-state index contributed by atoms with van der Waals surface area (Å²) in [6.45, 7) is 0.725. The Morgan fingerprint density at radius 3 is 2.83 bits per heavy atom. The van der Waals surface area contributed by atoms with Crippen molar-refractivity contribution in [3.8, 4) is 5.75 Å². The molecule has 1 aliphatic rings. The van der Waals surface area contributed by atoms with Gasteiger partial charge in [-0.1, -0.05) is 6.07 Å². The first-order valence-corrected chi connectivity index (χ1v) is 6.10. The van der Waals surface area contributed by atoms with Gasteiger partial charge in [-0.15, -0.1) is 0 Å². The van der Waals surface area contributed by atoms with E-state index in [-0.39, 0.29) is 17.6 Å². The van der Waals surface area contributed by atoms with Gasteiger partial charge in [0.15, 0.2) is 11.6 Å². The van der Waals surface area contributed by atoms with E-state index in [0.29, 0.717) is 0 Å². The van der Waals surface area contributed by atoms with Crippen LogP contribution in [0.4, 0.5) is 4.39 Å². The number of hydrogen-bond acceptors (Lipinski definition) is 3. The van der Waals surface area contributed by atoms with Crippen LogP contribution < -0.4 is 10.1 Å². The van der Waals surface area contributed by atoms with Crippen molar-refractivity contribution in [2.24, 2.45) is 0 Å². The lowest BCUT2D eigenvalue weighted by Gasteiger charge is -2.24. The molecule has 1 unspecified atom stereocenters. The van der Waals surface area contributed by atoms with Gasteiger partial charge in [-0.3, -0.25) is 0 Å². The van der Waals surface area contributed by atoms with Crippen LogP contribution in [0.3, 0.4) is 0 Å². The Labute approximate surface area is 107 Å². The number of halogens is 1. The first-order chi connectivity index (χ1) is 8.76. The third-order valence-electron chi connectivity index (χ3n) is 3.05. The fourth-order valence-corrected chi connectivity index (χ4v) is 2.11. The molecule has 0 amide bonds. The van der Waals surface area contributed by atoms with E-state index in [2.05, 4.69) is 11.4 Å². The predicted octanol–water partition coefficient (Wildman–Crippen LogP) is 2.79. The Morgan fingerprint density at radius 2 is 2.28 bits per heavy atom. The minimum Gasteiger partial charge on any atom is -0.496 e. The lowest BCUT2D eigenvalue weighted by atomic mass is 10.0. The van der Waals surface area contributed by atoms with Gasteiger partial charge in [0.05, 0.1) is 19.8 Å². The number of likely N-dealkylation sites (N-methyl/N-ethyl adjacent to an activating group) is 1. The van der Waals surface area contributed by atoms with Crippen molar-refractivity contribution in [1.29, 1.82) is 0 Å². The highest BCUT2D eigenvalue weighted by Crippen LogP contribution is 2.28. The van der Waals surface area contributed by atoms with Crippen LogP contribution in [0.25, 0.3) is 0 Å². The lowest BCUT2D eigenvalue weighted by molar-refractivity contribution is 0.169. The highest BCUT2D eigenvalue weighted by Gasteiger charge is 2.19. The summed E-state index contributed by atoms with van der Waals surface area (Å²) in [5, 5.41) is 3.15. The van der Waals surface area contributed by atoms with Gasteiger partial charge in [0.25, 0.3) is 0 Å². The molecule has 0 saturated carbocycles. The Kier molecular flexibility index (Phi) is 4.20. The largest absolute Gasteiger partial charge is 0.496 e. The highest BCUT2D eigenvalue weighted by atomic mass is 19.1. The van der Waals surface area contributed by atoms with Crippen LogP contribution in [0.5, 0.6) is 5.75 Å². The molecule has 1 atom stereocenters. The summed E-state index contributed by atoms with van der Waals surface area (Å²) in [6, 6.07) is 4.87. The van der Waals surface area contributed by atoms with Gasteiger partial charge in [0.1, 0.15) is 5.76 Å². The van der Waals surface area contributed by atoms with Gasteiger partial charge in [0, 0.05) is 0 Å². The van der Waals surface area contributed by atoms with Crippen LogP contribution in [0, 0.1) is 5.82 Å². The molecule has 0 spiro atoms. The Morgan fingerprint density at radius 1 is 1.44 bits per heavy atom. The second kappa shape index (κ2) is 5.87. The summed E-state index contributed by atoms with van der Waals surface area (Å²) in [5.74, 6) is 0.770. The molecule has 2 rings (SSSR count). The maximum Gasteiger partial charge on any atom is 0.165 e. The van der Waals surface area contributed by atoms with Crippen LogP contribution in [0.1, 0.15) is 24.4 Å². The van der Waals surface area contributed by atoms with E-state index in [1.807, 2.05) is 13.1 Å². The summed E-state index contributed by atoms with van der Waals surface area (Å²) >= 11 is 0. The van der Waals surface area contributed by atoms with Crippen molar-refractivity contribution in [2.75, 3.05) is 20.8 Å². The van der Waals surface area contributed by atoms with E-state index in [0.717, 1.165) is 30.8 Å². The van der Waals surface area contributed by atoms with E-state index in [1.54, 1.807) is 6.07 Å². The van der Waals surface area contributed by atoms with Crippen LogP contribution in [0.15, 0.2) is 30.0 Å². The number of rotatable bonds is 4. The van der Waals surface area contributed by atoms with Crippen molar-refractivity contribution < 1.29 is 13.9 Å². The van der Waals surface area contributed by atoms with Crippen LogP contribution in [-0.4, -0.2) is 20.8 Å². The first-order valence-electron chi connectivity index (χ1n) is 6.10. The zero-order valence-corrected chi connectivity index (χ0v) is 10.7. The van der Waals surface area contributed by atoms with Gasteiger partial charge in [-0.2, -0.15) is 0 Å². The number of hydrogen-bond donors (Lipinski definition) is 1. The number of ether oxygens (including phenoxy) is 2. The van der Waals surface area contributed by atoms with Crippen molar-refractivity contribution in [2.45, 2.75) is 18.9 Å². The van der Waals surface area contributed by atoms with Gasteiger partial charge < -0.3 is 14.8 Å². The maximum absolute atomic E-state index is 13.7. The van der Waals surface area contributed by atoms with E-state index in [9.17, 15) is 4.39 Å². The van der Waals surface area contributed by atoms with Crippen molar-refractivity contribution in [1.82, 2.24) is 5.32 Å². The summed E-state index contributed by atoms with van der Waals surface area (Å²) < 4.78 is 24.2. The standard InChI is InChI=1S/C14H18FNO2/c1-16-14(13-5-3-4-8-18-13)10-6-7-12(17-2)11(15)9-10/h5-7,9,14,16H,3-4,8H2,1-2H3. The van der Waals surface area contributed by atoms with E-state index < -0.39 is 0 Å². The summed E-state index contributed by atoms with van der Waals surface area (Å²) in [7, 11) is 3.30. The van der Waals surface area contributed by atoms with Crippen LogP contribution >= 0.6 is 0 Å². The predicted molar refractivity (Wildman–Crippen MR) is 68.0 cm³/mol. The molecule has 0 bridgehead atoms. The molecule has 0 aromatic heterocycles. The number of allylic oxidation sites excluding steroid dienone is 1. The third-order valence-corrected chi connectivity index (χ3v) is 3.05. The van der Waals surface area contributed by atoms with Crippen molar-refractivity contribution >= 4 is 0 Å². The van der Waals surface area contributed by atoms with Crippen LogP contribution in [-0.2, 0) is 4.74 Å². The molecule has 1 heterocycles. The maximum atomic E-state index is 13.7. The molecule has 98 valence electrons. The third kappa shape index (κ3) is 2.64. The van der Waals surface area contributed by atoms with Crippen molar-refractivity contribution in [3.05, 3.63) is 41.4 Å². The number of methoxy groups -OCH3 is 1. The summed E-state index contributed by atoms with van der Waals surface area (Å²) in [6.07, 6.45) is 4.11. The van der Waals surface area contributed by atoms with Gasteiger partial charge in [-0.25, -0.2) is 4.39 Å². The quantitative estimate of drug-likeness (QED) is 0.892. The molecular formula is C14H18FNO2. The summed E-state index contributed by atoms with van der Waals surface area (Å²) in [5.41, 5.74) is 0.837. The van der Waals surface area contributed by atoms with E-state index in [1.165, 1.54) is 13.2 Å². The van der Waals surface area contributed by atoms with E-state index in [4.69, 9.17) is 9.47 Å². The molecule has 3 nitrogen and oxygen atoms in total. The monoisotopic (exact) mass is 251 g/mol. The normalized spacial score (nSPS) is 16.7. The average molecular weight is 251 g/mol.